The van der Waals surface area contributed by atoms with E-state index in [0.717, 1.165) is 4.47 Å². The first-order valence-electron chi connectivity index (χ1n) is 6.80. The van der Waals surface area contributed by atoms with E-state index in [2.05, 4.69) is 21.0 Å². The van der Waals surface area contributed by atoms with Crippen molar-refractivity contribution in [3.8, 4) is 0 Å². The highest BCUT2D eigenvalue weighted by molar-refractivity contribution is 9.10. The zero-order valence-electron chi connectivity index (χ0n) is 11.9. The largest absolute Gasteiger partial charge is 0.271 e. The Bertz CT molecular complexity index is 800. The Balaban J connectivity index is 1.68. The molecule has 0 saturated carbocycles. The molecule has 0 bridgehead atoms. The number of benzene rings is 1. The summed E-state index contributed by atoms with van der Waals surface area (Å²) >= 11 is 3.33. The van der Waals surface area contributed by atoms with Crippen molar-refractivity contribution < 1.29 is 12.8 Å². The SMILES string of the molecule is Cc1cc(F)ccc1S(=O)(=O)N1CC(Cn2cc(Br)cn2)C1. The van der Waals surface area contributed by atoms with Crippen molar-refractivity contribution in [2.45, 2.75) is 18.4 Å². The Kier molecular flexibility index (Phi) is 4.09. The van der Waals surface area contributed by atoms with Gasteiger partial charge >= 0.3 is 0 Å². The highest BCUT2D eigenvalue weighted by atomic mass is 79.9. The summed E-state index contributed by atoms with van der Waals surface area (Å²) in [4.78, 5) is 0.175. The van der Waals surface area contributed by atoms with E-state index in [0.29, 0.717) is 25.2 Å². The number of hydrogen-bond donors (Lipinski definition) is 0. The topological polar surface area (TPSA) is 55.2 Å². The molecule has 3 rings (SSSR count). The number of sulfonamides is 1. The fourth-order valence-corrected chi connectivity index (χ4v) is 4.70. The zero-order valence-corrected chi connectivity index (χ0v) is 14.3. The van der Waals surface area contributed by atoms with Gasteiger partial charge in [0.05, 0.1) is 15.6 Å². The predicted octanol–water partition coefficient (Wildman–Crippen LogP) is 2.41. The van der Waals surface area contributed by atoms with Crippen molar-refractivity contribution >= 4 is 26.0 Å². The summed E-state index contributed by atoms with van der Waals surface area (Å²) in [5.41, 5.74) is 0.430. The first-order valence-corrected chi connectivity index (χ1v) is 9.04. The number of halogens is 2. The van der Waals surface area contributed by atoms with Gasteiger partial charge in [-0.25, -0.2) is 12.8 Å². The van der Waals surface area contributed by atoms with Gasteiger partial charge in [-0.1, -0.05) is 0 Å². The number of rotatable bonds is 4. The van der Waals surface area contributed by atoms with E-state index >= 15 is 0 Å². The van der Waals surface area contributed by atoms with Gasteiger partial charge in [0.2, 0.25) is 10.0 Å². The molecule has 1 fully saturated rings. The third-order valence-electron chi connectivity index (χ3n) is 3.73. The van der Waals surface area contributed by atoms with Gasteiger partial charge in [0.1, 0.15) is 5.82 Å². The van der Waals surface area contributed by atoms with Crippen molar-refractivity contribution in [3.63, 3.8) is 0 Å². The van der Waals surface area contributed by atoms with Gasteiger partial charge in [0, 0.05) is 31.7 Å². The molecular weight excluding hydrogens is 373 g/mol. The maximum atomic E-state index is 13.1. The van der Waals surface area contributed by atoms with Crippen LogP contribution in [0.1, 0.15) is 5.56 Å². The summed E-state index contributed by atoms with van der Waals surface area (Å²) in [6.45, 7) is 3.20. The van der Waals surface area contributed by atoms with Crippen LogP contribution in [0.5, 0.6) is 0 Å². The summed E-state index contributed by atoms with van der Waals surface area (Å²) < 4.78 is 42.3. The van der Waals surface area contributed by atoms with E-state index in [1.807, 2.05) is 6.20 Å². The minimum absolute atomic E-state index is 0.175. The molecule has 0 N–H and O–H groups in total. The fraction of sp³-hybridized carbons (Fsp3) is 0.357. The van der Waals surface area contributed by atoms with Crippen LogP contribution in [0.4, 0.5) is 4.39 Å². The molecule has 8 heteroatoms. The number of nitrogens with zero attached hydrogens (tertiary/aromatic N) is 3. The summed E-state index contributed by atoms with van der Waals surface area (Å²) in [5.74, 6) is -0.190. The maximum Gasteiger partial charge on any atom is 0.243 e. The first-order chi connectivity index (χ1) is 10.4. The molecule has 0 unspecified atom stereocenters. The molecule has 0 aliphatic carbocycles. The van der Waals surface area contributed by atoms with Crippen LogP contribution in [0.25, 0.3) is 0 Å². The first kappa shape index (κ1) is 15.6. The monoisotopic (exact) mass is 387 g/mol. The summed E-state index contributed by atoms with van der Waals surface area (Å²) in [5, 5.41) is 4.17. The molecule has 2 aromatic rings. The van der Waals surface area contributed by atoms with Gasteiger partial charge in [-0.2, -0.15) is 9.40 Å². The Morgan fingerprint density at radius 2 is 2.14 bits per heavy atom. The maximum absolute atomic E-state index is 13.1. The highest BCUT2D eigenvalue weighted by Crippen LogP contribution is 2.28. The molecule has 2 heterocycles. The summed E-state index contributed by atoms with van der Waals surface area (Å²) in [7, 11) is -3.54. The van der Waals surface area contributed by atoms with E-state index in [1.54, 1.807) is 17.8 Å². The van der Waals surface area contributed by atoms with Crippen molar-refractivity contribution in [1.82, 2.24) is 14.1 Å². The average Bonchev–Trinajstić information content (AvgIpc) is 2.78. The van der Waals surface area contributed by atoms with Gasteiger partial charge in [-0.15, -0.1) is 0 Å². The molecule has 5 nitrogen and oxygen atoms in total. The number of hydrogen-bond acceptors (Lipinski definition) is 3. The lowest BCUT2D eigenvalue weighted by molar-refractivity contribution is 0.175. The van der Waals surface area contributed by atoms with E-state index in [4.69, 9.17) is 0 Å². The number of aryl methyl sites for hydroxylation is 1. The second kappa shape index (κ2) is 5.75. The Morgan fingerprint density at radius 3 is 2.73 bits per heavy atom. The number of aromatic nitrogens is 2. The van der Waals surface area contributed by atoms with E-state index < -0.39 is 15.8 Å². The van der Waals surface area contributed by atoms with Crippen LogP contribution in [0.2, 0.25) is 0 Å². The molecular formula is C14H15BrFN3O2S. The van der Waals surface area contributed by atoms with Gasteiger partial charge in [-0.3, -0.25) is 4.68 Å². The molecule has 1 saturated heterocycles. The Hall–Kier alpha value is -1.25. The molecule has 1 aromatic carbocycles. The zero-order chi connectivity index (χ0) is 15.9. The molecule has 118 valence electrons. The average molecular weight is 388 g/mol. The van der Waals surface area contributed by atoms with Gasteiger partial charge in [0.15, 0.2) is 0 Å². The van der Waals surface area contributed by atoms with Crippen molar-refractivity contribution in [2.24, 2.45) is 5.92 Å². The van der Waals surface area contributed by atoms with Crippen molar-refractivity contribution in [3.05, 3.63) is 46.4 Å². The van der Waals surface area contributed by atoms with E-state index in [9.17, 15) is 12.8 Å². The molecule has 0 atom stereocenters. The van der Waals surface area contributed by atoms with Gasteiger partial charge in [0.25, 0.3) is 0 Å². The van der Waals surface area contributed by atoms with Crippen LogP contribution in [-0.2, 0) is 16.6 Å². The predicted molar refractivity (Wildman–Crippen MR) is 83.3 cm³/mol. The van der Waals surface area contributed by atoms with Gasteiger partial charge < -0.3 is 0 Å². The lowest BCUT2D eigenvalue weighted by Gasteiger charge is -2.38. The van der Waals surface area contributed by atoms with Crippen molar-refractivity contribution in [2.75, 3.05) is 13.1 Å². The third-order valence-corrected chi connectivity index (χ3v) is 6.13. The van der Waals surface area contributed by atoms with Crippen LogP contribution in [0.15, 0.2) is 40.0 Å². The molecule has 0 amide bonds. The minimum Gasteiger partial charge on any atom is -0.271 e. The van der Waals surface area contributed by atoms with Crippen LogP contribution in [0.3, 0.4) is 0 Å². The molecule has 0 radical (unpaired) electrons. The van der Waals surface area contributed by atoms with E-state index in [1.165, 1.54) is 22.5 Å². The Labute approximate surface area is 136 Å². The summed E-state index contributed by atoms with van der Waals surface area (Å²) in [6, 6.07) is 3.75. The quantitative estimate of drug-likeness (QED) is 0.809. The van der Waals surface area contributed by atoms with E-state index in [-0.39, 0.29) is 10.8 Å². The normalized spacial score (nSPS) is 16.7. The third kappa shape index (κ3) is 2.95. The second-order valence-corrected chi connectivity index (χ2v) is 8.30. The Morgan fingerprint density at radius 1 is 1.41 bits per heavy atom. The van der Waals surface area contributed by atoms with Crippen LogP contribution < -0.4 is 0 Å². The molecule has 1 aromatic heterocycles. The smallest absolute Gasteiger partial charge is 0.243 e. The molecule has 22 heavy (non-hydrogen) atoms. The highest BCUT2D eigenvalue weighted by Gasteiger charge is 2.37. The second-order valence-electron chi connectivity index (χ2n) is 5.48. The molecule has 0 spiro atoms. The van der Waals surface area contributed by atoms with Crippen LogP contribution in [-0.4, -0.2) is 35.6 Å². The van der Waals surface area contributed by atoms with Gasteiger partial charge in [-0.05, 0) is 46.6 Å². The lowest BCUT2D eigenvalue weighted by Crippen LogP contribution is -2.51. The molecule has 1 aliphatic rings. The fourth-order valence-electron chi connectivity index (χ4n) is 2.58. The molecule has 1 aliphatic heterocycles. The van der Waals surface area contributed by atoms with Crippen LogP contribution in [0, 0.1) is 18.7 Å². The van der Waals surface area contributed by atoms with Crippen molar-refractivity contribution in [1.29, 1.82) is 0 Å². The lowest BCUT2D eigenvalue weighted by atomic mass is 10.0. The van der Waals surface area contributed by atoms with Crippen LogP contribution >= 0.6 is 15.9 Å². The summed E-state index contributed by atoms with van der Waals surface area (Å²) in [6.07, 6.45) is 3.57. The minimum atomic E-state index is -3.54. The standard InChI is InChI=1S/C14H15BrFN3O2S/c1-10-4-13(16)2-3-14(10)22(20,21)19-7-11(8-19)6-18-9-12(15)5-17-18/h2-5,9,11H,6-8H2,1H3.